The molecule has 190 valence electrons. The molecule has 35 heavy (non-hydrogen) atoms. The summed E-state index contributed by atoms with van der Waals surface area (Å²) in [6.07, 6.45) is 16.2. The highest BCUT2D eigenvalue weighted by Gasteiger charge is 2.15. The van der Waals surface area contributed by atoms with E-state index in [4.69, 9.17) is 14.2 Å². The van der Waals surface area contributed by atoms with Gasteiger partial charge in [0.15, 0.2) is 11.5 Å². The number of amides is 1. The zero-order valence-electron chi connectivity index (χ0n) is 21.8. The van der Waals surface area contributed by atoms with Gasteiger partial charge in [0.25, 0.3) is 0 Å². The Balaban J connectivity index is 2.05. The van der Waals surface area contributed by atoms with Crippen molar-refractivity contribution in [3.8, 4) is 17.2 Å². The zero-order valence-corrected chi connectivity index (χ0v) is 21.8. The standard InChI is InChI=1S/C29H40N2O4/c1-6-7-8-15-24(25-19-26(33-3)29(35-5)27(20-25)34-4)16-10-17-28(32)31-22(2)12-9-13-23-14-11-18-30-21-23/h10-11,14,16-22H,6-9,12-13,15H2,1-5H3,(H,31,32)/b17-10+,24-16+/t22-/m1/s1. The number of hydrogen-bond donors (Lipinski definition) is 1. The number of carbonyl (C=O) groups is 1. The Morgan fingerprint density at radius 3 is 2.43 bits per heavy atom. The van der Waals surface area contributed by atoms with Gasteiger partial charge in [-0.3, -0.25) is 9.78 Å². The molecule has 0 saturated carbocycles. The van der Waals surface area contributed by atoms with Gasteiger partial charge >= 0.3 is 0 Å². The van der Waals surface area contributed by atoms with Crippen molar-refractivity contribution in [2.75, 3.05) is 21.3 Å². The summed E-state index contributed by atoms with van der Waals surface area (Å²) in [5, 5.41) is 3.06. The van der Waals surface area contributed by atoms with Crippen molar-refractivity contribution in [2.24, 2.45) is 0 Å². The Labute approximate surface area is 210 Å². The molecule has 1 aromatic carbocycles. The maximum atomic E-state index is 12.5. The van der Waals surface area contributed by atoms with Crippen LogP contribution in [-0.4, -0.2) is 38.3 Å². The van der Waals surface area contributed by atoms with E-state index in [-0.39, 0.29) is 11.9 Å². The summed E-state index contributed by atoms with van der Waals surface area (Å²) in [6.45, 7) is 4.22. The minimum Gasteiger partial charge on any atom is -0.493 e. The van der Waals surface area contributed by atoms with E-state index >= 15 is 0 Å². The second-order valence-electron chi connectivity index (χ2n) is 8.59. The van der Waals surface area contributed by atoms with Crippen LogP contribution in [0.25, 0.3) is 5.57 Å². The molecule has 0 bridgehead atoms. The highest BCUT2D eigenvalue weighted by molar-refractivity contribution is 5.88. The first-order chi connectivity index (χ1) is 17.0. The van der Waals surface area contributed by atoms with Gasteiger partial charge in [-0.25, -0.2) is 0 Å². The summed E-state index contributed by atoms with van der Waals surface area (Å²) in [5.74, 6) is 1.71. The van der Waals surface area contributed by atoms with E-state index in [2.05, 4.69) is 23.3 Å². The van der Waals surface area contributed by atoms with Crippen molar-refractivity contribution in [3.63, 3.8) is 0 Å². The third-order valence-corrected chi connectivity index (χ3v) is 5.84. The van der Waals surface area contributed by atoms with Crippen LogP contribution >= 0.6 is 0 Å². The van der Waals surface area contributed by atoms with E-state index in [1.54, 1.807) is 33.6 Å². The van der Waals surface area contributed by atoms with Crippen LogP contribution in [0.15, 0.2) is 54.9 Å². The number of benzene rings is 1. The van der Waals surface area contributed by atoms with E-state index in [0.29, 0.717) is 17.2 Å². The maximum absolute atomic E-state index is 12.5. The highest BCUT2D eigenvalue weighted by atomic mass is 16.5. The van der Waals surface area contributed by atoms with Gasteiger partial charge in [0.05, 0.1) is 21.3 Å². The number of pyridine rings is 1. The number of nitrogens with one attached hydrogen (secondary N) is 1. The van der Waals surface area contributed by atoms with Crippen LogP contribution in [0.1, 0.15) is 63.5 Å². The van der Waals surface area contributed by atoms with Crippen LogP contribution in [0, 0.1) is 0 Å². The maximum Gasteiger partial charge on any atom is 0.244 e. The minimum absolute atomic E-state index is 0.0899. The molecular weight excluding hydrogens is 440 g/mol. The van der Waals surface area contributed by atoms with Crippen molar-refractivity contribution in [2.45, 2.75) is 64.8 Å². The number of aromatic nitrogens is 1. The molecule has 0 spiro atoms. The molecule has 1 aromatic heterocycles. The lowest BCUT2D eigenvalue weighted by Crippen LogP contribution is -2.31. The fourth-order valence-electron chi connectivity index (χ4n) is 3.93. The Kier molecular flexibility index (Phi) is 12.5. The Hall–Kier alpha value is -3.28. The molecule has 1 N–H and O–H groups in total. The first-order valence-corrected chi connectivity index (χ1v) is 12.4. The highest BCUT2D eigenvalue weighted by Crippen LogP contribution is 2.40. The average molecular weight is 481 g/mol. The molecule has 2 rings (SSSR count). The lowest BCUT2D eigenvalue weighted by Gasteiger charge is -2.16. The minimum atomic E-state index is -0.0899. The van der Waals surface area contributed by atoms with Crippen molar-refractivity contribution in [1.29, 1.82) is 0 Å². The van der Waals surface area contributed by atoms with Crippen LogP contribution in [0.5, 0.6) is 17.2 Å². The molecule has 0 saturated heterocycles. The second-order valence-corrected chi connectivity index (χ2v) is 8.59. The van der Waals surface area contributed by atoms with Crippen LogP contribution in [0.3, 0.4) is 0 Å². The molecule has 1 atom stereocenters. The number of aryl methyl sites for hydroxylation is 1. The molecule has 1 heterocycles. The van der Waals surface area contributed by atoms with Crippen molar-refractivity contribution < 1.29 is 19.0 Å². The zero-order chi connectivity index (χ0) is 25.5. The fraction of sp³-hybridized carbons (Fsp3) is 0.448. The van der Waals surface area contributed by atoms with Gasteiger partial charge in [-0.1, -0.05) is 38.0 Å². The quantitative estimate of drug-likeness (QED) is 0.188. The van der Waals surface area contributed by atoms with Gasteiger partial charge in [-0.05, 0) is 73.9 Å². The van der Waals surface area contributed by atoms with Crippen LogP contribution < -0.4 is 19.5 Å². The number of unbranched alkanes of at least 4 members (excludes halogenated alkanes) is 2. The third kappa shape index (κ3) is 9.47. The predicted molar refractivity (Wildman–Crippen MR) is 142 cm³/mol. The number of nitrogens with zero attached hydrogens (tertiary/aromatic N) is 1. The van der Waals surface area contributed by atoms with Crippen molar-refractivity contribution in [1.82, 2.24) is 10.3 Å². The number of hydrogen-bond acceptors (Lipinski definition) is 5. The molecule has 0 unspecified atom stereocenters. The summed E-state index contributed by atoms with van der Waals surface area (Å²) < 4.78 is 16.5. The van der Waals surface area contributed by atoms with Crippen molar-refractivity contribution >= 4 is 11.5 Å². The number of allylic oxidation sites excluding steroid dienone is 3. The predicted octanol–water partition coefficient (Wildman–Crippen LogP) is 6.15. The van der Waals surface area contributed by atoms with Gasteiger partial charge < -0.3 is 19.5 Å². The van der Waals surface area contributed by atoms with Gasteiger partial charge in [-0.15, -0.1) is 0 Å². The van der Waals surface area contributed by atoms with E-state index in [0.717, 1.165) is 56.1 Å². The fourth-order valence-corrected chi connectivity index (χ4v) is 3.93. The molecule has 6 nitrogen and oxygen atoms in total. The average Bonchev–Trinajstić information content (AvgIpc) is 2.87. The van der Waals surface area contributed by atoms with E-state index in [9.17, 15) is 4.79 Å². The number of ether oxygens (including phenoxy) is 3. The first kappa shape index (κ1) is 28.0. The van der Waals surface area contributed by atoms with Crippen molar-refractivity contribution in [3.05, 3.63) is 66.0 Å². The molecule has 1 amide bonds. The molecule has 0 aliphatic heterocycles. The molecule has 0 aliphatic rings. The lowest BCUT2D eigenvalue weighted by atomic mass is 9.98. The summed E-state index contributed by atoms with van der Waals surface area (Å²) in [6, 6.07) is 8.05. The topological polar surface area (TPSA) is 69.7 Å². The Morgan fingerprint density at radius 2 is 1.83 bits per heavy atom. The number of carbonyl (C=O) groups excluding carboxylic acids is 1. The summed E-state index contributed by atoms with van der Waals surface area (Å²) in [4.78, 5) is 16.6. The molecule has 0 aliphatic carbocycles. The van der Waals surface area contributed by atoms with Crippen LogP contribution in [-0.2, 0) is 11.2 Å². The molecule has 2 aromatic rings. The molecule has 0 fully saturated rings. The third-order valence-electron chi connectivity index (χ3n) is 5.84. The monoisotopic (exact) mass is 480 g/mol. The van der Waals surface area contributed by atoms with Crippen LogP contribution in [0.4, 0.5) is 0 Å². The molecule has 6 heteroatoms. The summed E-state index contributed by atoms with van der Waals surface area (Å²) in [7, 11) is 4.83. The van der Waals surface area contributed by atoms with E-state index < -0.39 is 0 Å². The molecule has 0 radical (unpaired) electrons. The van der Waals surface area contributed by atoms with Crippen LogP contribution in [0.2, 0.25) is 0 Å². The smallest absolute Gasteiger partial charge is 0.244 e. The Morgan fingerprint density at radius 1 is 1.09 bits per heavy atom. The summed E-state index contributed by atoms with van der Waals surface area (Å²) in [5.41, 5.74) is 3.33. The van der Waals surface area contributed by atoms with Gasteiger partial charge in [0, 0.05) is 24.5 Å². The number of rotatable bonds is 15. The lowest BCUT2D eigenvalue weighted by molar-refractivity contribution is -0.117. The first-order valence-electron chi connectivity index (χ1n) is 12.4. The second kappa shape index (κ2) is 15.6. The number of methoxy groups -OCH3 is 3. The van der Waals surface area contributed by atoms with Gasteiger partial charge in [0.2, 0.25) is 11.7 Å². The molecular formula is C29H40N2O4. The summed E-state index contributed by atoms with van der Waals surface area (Å²) >= 11 is 0. The largest absolute Gasteiger partial charge is 0.493 e. The Bertz CT molecular complexity index is 945. The van der Waals surface area contributed by atoms with E-state index in [1.807, 2.05) is 43.5 Å². The van der Waals surface area contributed by atoms with Gasteiger partial charge in [0.1, 0.15) is 0 Å². The SMILES string of the molecule is CCCCC/C(=C\C=C\C(=O)N[C@H](C)CCCc1cccnc1)c1cc(OC)c(OC)c(OC)c1. The van der Waals surface area contributed by atoms with Gasteiger partial charge in [-0.2, -0.15) is 0 Å². The van der Waals surface area contributed by atoms with E-state index in [1.165, 1.54) is 5.56 Å². The normalized spacial score (nSPS) is 12.4.